The molecule has 0 radical (unpaired) electrons. The van der Waals surface area contributed by atoms with Crippen molar-refractivity contribution < 1.29 is 9.53 Å². The zero-order valence-corrected chi connectivity index (χ0v) is 8.39. The lowest BCUT2D eigenvalue weighted by molar-refractivity contribution is -0.147. The van der Waals surface area contributed by atoms with Crippen LogP contribution in [0.1, 0.15) is 40.5 Å². The summed E-state index contributed by atoms with van der Waals surface area (Å²) in [6.45, 7) is 8.19. The molecule has 12 heavy (non-hydrogen) atoms. The molecule has 0 bridgehead atoms. The van der Waals surface area contributed by atoms with Crippen molar-refractivity contribution in [3.63, 3.8) is 0 Å². The van der Waals surface area contributed by atoms with Crippen LogP contribution in [0.5, 0.6) is 0 Å². The van der Waals surface area contributed by atoms with Gasteiger partial charge < -0.3 is 4.74 Å². The summed E-state index contributed by atoms with van der Waals surface area (Å²) in [5, 5.41) is 0. The quantitative estimate of drug-likeness (QED) is 0.595. The van der Waals surface area contributed by atoms with Crippen LogP contribution in [0.2, 0.25) is 0 Å². The normalized spacial score (nSPS) is 41.5. The second kappa shape index (κ2) is 3.08. The number of rotatable bonds is 2. The van der Waals surface area contributed by atoms with Gasteiger partial charge >= 0.3 is 5.97 Å². The Morgan fingerprint density at radius 1 is 1.50 bits per heavy atom. The molecule has 1 aliphatic heterocycles. The van der Waals surface area contributed by atoms with Gasteiger partial charge in [0, 0.05) is 5.92 Å². The summed E-state index contributed by atoms with van der Waals surface area (Å²) >= 11 is 0. The van der Waals surface area contributed by atoms with Gasteiger partial charge in [-0.25, -0.2) is 0 Å². The fourth-order valence-corrected chi connectivity index (χ4v) is 2.24. The molecule has 2 nitrogen and oxygen atoms in total. The average molecular weight is 170 g/mol. The van der Waals surface area contributed by atoms with Gasteiger partial charge in [-0.2, -0.15) is 0 Å². The van der Waals surface area contributed by atoms with Crippen LogP contribution in [-0.4, -0.2) is 12.1 Å². The second-order valence-corrected chi connectivity index (χ2v) is 3.90. The minimum absolute atomic E-state index is 0.00986. The van der Waals surface area contributed by atoms with Gasteiger partial charge in [0.1, 0.15) is 6.10 Å². The molecule has 1 rings (SSSR count). The molecule has 2 heteroatoms. The fourth-order valence-electron chi connectivity index (χ4n) is 2.24. The maximum atomic E-state index is 11.5. The van der Waals surface area contributed by atoms with Crippen molar-refractivity contribution in [1.29, 1.82) is 0 Å². The van der Waals surface area contributed by atoms with Crippen LogP contribution in [-0.2, 0) is 9.53 Å². The highest BCUT2D eigenvalue weighted by molar-refractivity contribution is 5.79. The Bertz CT molecular complexity index is 188. The summed E-state index contributed by atoms with van der Waals surface area (Å²) < 4.78 is 5.23. The van der Waals surface area contributed by atoms with Crippen molar-refractivity contribution in [1.82, 2.24) is 0 Å². The molecule has 0 saturated carbocycles. The molecule has 1 aliphatic rings. The van der Waals surface area contributed by atoms with Crippen LogP contribution in [0.3, 0.4) is 0 Å². The van der Waals surface area contributed by atoms with Gasteiger partial charge in [-0.1, -0.05) is 13.8 Å². The predicted octanol–water partition coefficient (Wildman–Crippen LogP) is 2.37. The molecule has 1 fully saturated rings. The summed E-state index contributed by atoms with van der Waals surface area (Å²) in [5.41, 5.74) is -0.228. The van der Waals surface area contributed by atoms with Gasteiger partial charge in [-0.15, -0.1) is 0 Å². The van der Waals surface area contributed by atoms with Gasteiger partial charge in [0.15, 0.2) is 0 Å². The molecule has 0 amide bonds. The lowest BCUT2D eigenvalue weighted by atomic mass is 9.73. The van der Waals surface area contributed by atoms with Crippen LogP contribution in [0.15, 0.2) is 0 Å². The number of carbonyl (C=O) groups is 1. The van der Waals surface area contributed by atoms with Crippen LogP contribution in [0.4, 0.5) is 0 Å². The Morgan fingerprint density at radius 3 is 2.42 bits per heavy atom. The third kappa shape index (κ3) is 1.13. The zero-order chi connectivity index (χ0) is 9.35. The van der Waals surface area contributed by atoms with Crippen molar-refractivity contribution in [2.75, 3.05) is 0 Å². The van der Waals surface area contributed by atoms with Crippen LogP contribution >= 0.6 is 0 Å². The summed E-state index contributed by atoms with van der Waals surface area (Å²) in [6, 6.07) is 0. The van der Waals surface area contributed by atoms with Crippen LogP contribution < -0.4 is 0 Å². The van der Waals surface area contributed by atoms with E-state index in [4.69, 9.17) is 4.74 Å². The molecule has 0 aromatic carbocycles. The molecule has 1 heterocycles. The van der Waals surface area contributed by atoms with Crippen molar-refractivity contribution >= 4 is 5.97 Å². The number of carbonyl (C=O) groups excluding carboxylic acids is 1. The first-order valence-electron chi connectivity index (χ1n) is 4.77. The lowest BCUT2D eigenvalue weighted by Gasteiger charge is -2.25. The SMILES string of the molecule is CCC1[C@H](C)OC(=O)C1(C)CC. The van der Waals surface area contributed by atoms with E-state index in [0.717, 1.165) is 12.8 Å². The smallest absolute Gasteiger partial charge is 0.312 e. The number of hydrogen-bond donors (Lipinski definition) is 0. The molecule has 1 saturated heterocycles. The van der Waals surface area contributed by atoms with E-state index in [9.17, 15) is 4.79 Å². The van der Waals surface area contributed by atoms with Crippen molar-refractivity contribution in [3.8, 4) is 0 Å². The lowest BCUT2D eigenvalue weighted by Crippen LogP contribution is -2.29. The highest BCUT2D eigenvalue weighted by atomic mass is 16.6. The molecule has 0 aliphatic carbocycles. The fraction of sp³-hybridized carbons (Fsp3) is 0.900. The maximum absolute atomic E-state index is 11.5. The molecule has 0 N–H and O–H groups in total. The standard InChI is InChI=1S/C10H18O2/c1-5-8-7(3)12-9(11)10(8,4)6-2/h7-8H,5-6H2,1-4H3/t7-,8?,10?/m0/s1. The van der Waals surface area contributed by atoms with E-state index in [1.807, 2.05) is 13.8 Å². The van der Waals surface area contributed by atoms with Crippen molar-refractivity contribution in [2.45, 2.75) is 46.6 Å². The minimum atomic E-state index is -0.228. The molecule has 0 spiro atoms. The number of ether oxygens (including phenoxy) is 1. The Labute approximate surface area is 74.3 Å². The largest absolute Gasteiger partial charge is 0.462 e. The van der Waals surface area contributed by atoms with Crippen molar-refractivity contribution in [2.24, 2.45) is 11.3 Å². The summed E-state index contributed by atoms with van der Waals surface area (Å²) in [7, 11) is 0. The van der Waals surface area contributed by atoms with E-state index in [-0.39, 0.29) is 17.5 Å². The first kappa shape index (κ1) is 9.56. The van der Waals surface area contributed by atoms with Crippen LogP contribution in [0, 0.1) is 11.3 Å². The van der Waals surface area contributed by atoms with E-state index >= 15 is 0 Å². The van der Waals surface area contributed by atoms with Gasteiger partial charge in [0.25, 0.3) is 0 Å². The molecule has 70 valence electrons. The monoisotopic (exact) mass is 170 g/mol. The summed E-state index contributed by atoms with van der Waals surface area (Å²) in [5.74, 6) is 0.388. The Balaban J connectivity index is 2.89. The summed E-state index contributed by atoms with van der Waals surface area (Å²) in [4.78, 5) is 11.5. The Hall–Kier alpha value is -0.530. The molecule has 2 unspecified atom stereocenters. The maximum Gasteiger partial charge on any atom is 0.312 e. The van der Waals surface area contributed by atoms with Crippen LogP contribution in [0.25, 0.3) is 0 Å². The Morgan fingerprint density at radius 2 is 2.08 bits per heavy atom. The molecule has 3 atom stereocenters. The zero-order valence-electron chi connectivity index (χ0n) is 8.39. The van der Waals surface area contributed by atoms with E-state index < -0.39 is 0 Å². The minimum Gasteiger partial charge on any atom is -0.462 e. The highest BCUT2D eigenvalue weighted by Crippen LogP contribution is 2.43. The van der Waals surface area contributed by atoms with Gasteiger partial charge in [0.2, 0.25) is 0 Å². The van der Waals surface area contributed by atoms with Gasteiger partial charge in [-0.05, 0) is 26.7 Å². The molecule has 0 aromatic rings. The van der Waals surface area contributed by atoms with Gasteiger partial charge in [-0.3, -0.25) is 4.79 Å². The topological polar surface area (TPSA) is 26.3 Å². The predicted molar refractivity (Wildman–Crippen MR) is 47.7 cm³/mol. The summed E-state index contributed by atoms with van der Waals surface area (Å²) in [6.07, 6.45) is 2.01. The third-order valence-electron chi connectivity index (χ3n) is 3.32. The van der Waals surface area contributed by atoms with E-state index in [1.165, 1.54) is 0 Å². The second-order valence-electron chi connectivity index (χ2n) is 3.90. The first-order valence-corrected chi connectivity index (χ1v) is 4.77. The molecular weight excluding hydrogens is 152 g/mol. The number of esters is 1. The number of cyclic esters (lactones) is 1. The van der Waals surface area contributed by atoms with E-state index in [2.05, 4.69) is 13.8 Å². The van der Waals surface area contributed by atoms with E-state index in [0.29, 0.717) is 5.92 Å². The third-order valence-corrected chi connectivity index (χ3v) is 3.32. The first-order chi connectivity index (χ1) is 5.56. The van der Waals surface area contributed by atoms with Crippen molar-refractivity contribution in [3.05, 3.63) is 0 Å². The Kier molecular flexibility index (Phi) is 2.45. The van der Waals surface area contributed by atoms with E-state index in [1.54, 1.807) is 0 Å². The highest BCUT2D eigenvalue weighted by Gasteiger charge is 2.49. The molecule has 0 aromatic heterocycles. The molecular formula is C10H18O2. The van der Waals surface area contributed by atoms with Gasteiger partial charge in [0.05, 0.1) is 5.41 Å². The average Bonchev–Trinajstić information content (AvgIpc) is 2.24. The number of hydrogen-bond acceptors (Lipinski definition) is 2.